The zero-order valence-corrected chi connectivity index (χ0v) is 23.1. The molecule has 0 aliphatic rings. The van der Waals surface area contributed by atoms with Crippen LogP contribution in [0.1, 0.15) is 27.8 Å². The molecule has 3 rings (SSSR count). The monoisotopic (exact) mass is 580 g/mol. The molecule has 0 aliphatic heterocycles. The maximum Gasteiger partial charge on any atom is 0.329 e. The molecule has 3 amide bonds. The first-order chi connectivity index (χ1) is 18.2. The second-order valence-electron chi connectivity index (χ2n) is 8.51. The number of para-hydroxylation sites is 1. The summed E-state index contributed by atoms with van der Waals surface area (Å²) in [5, 5.41) is 9.26. The van der Waals surface area contributed by atoms with Crippen molar-refractivity contribution < 1.29 is 23.9 Å². The summed E-state index contributed by atoms with van der Waals surface area (Å²) in [6, 6.07) is 16.7. The number of nitrogens with zero attached hydrogens (tertiary/aromatic N) is 1. The summed E-state index contributed by atoms with van der Waals surface area (Å²) < 4.78 is 11.6. The molecule has 0 spiro atoms. The Morgan fingerprint density at radius 2 is 1.66 bits per heavy atom. The Bertz CT molecular complexity index is 1340. The fraction of sp³-hybridized carbons (Fsp3) is 0.214. The molecule has 0 aromatic heterocycles. The summed E-state index contributed by atoms with van der Waals surface area (Å²) in [5.74, 6) is -1.33. The predicted molar refractivity (Wildman–Crippen MR) is 149 cm³/mol. The van der Waals surface area contributed by atoms with Crippen LogP contribution in [-0.2, 0) is 20.9 Å². The van der Waals surface area contributed by atoms with Crippen molar-refractivity contribution in [1.29, 1.82) is 0 Å². The zero-order chi connectivity index (χ0) is 27.7. The fourth-order valence-electron chi connectivity index (χ4n) is 3.46. The van der Waals surface area contributed by atoms with Gasteiger partial charge in [-0.3, -0.25) is 14.4 Å². The number of amides is 3. The molecule has 0 saturated heterocycles. The van der Waals surface area contributed by atoms with E-state index in [1.54, 1.807) is 12.1 Å². The highest BCUT2D eigenvalue weighted by Gasteiger charge is 2.15. The van der Waals surface area contributed by atoms with Crippen molar-refractivity contribution in [3.8, 4) is 11.5 Å². The van der Waals surface area contributed by atoms with Gasteiger partial charge in [0.2, 0.25) is 0 Å². The Hall–Kier alpha value is -4.18. The van der Waals surface area contributed by atoms with E-state index in [0.29, 0.717) is 21.5 Å². The molecular formula is C28H29BrN4O5. The largest absolute Gasteiger partial charge is 0.493 e. The molecule has 0 atom stereocenters. The first-order valence-corrected chi connectivity index (χ1v) is 12.5. The summed E-state index contributed by atoms with van der Waals surface area (Å²) in [6.45, 7) is 5.80. The van der Waals surface area contributed by atoms with E-state index >= 15 is 0 Å². The number of carbonyl (C=O) groups is 3. The van der Waals surface area contributed by atoms with Gasteiger partial charge < -0.3 is 20.1 Å². The maximum atomic E-state index is 12.5. The van der Waals surface area contributed by atoms with E-state index in [2.05, 4.69) is 37.1 Å². The first-order valence-electron chi connectivity index (χ1n) is 11.7. The van der Waals surface area contributed by atoms with Gasteiger partial charge in [-0.25, -0.2) is 5.43 Å². The van der Waals surface area contributed by atoms with Gasteiger partial charge in [-0.05, 0) is 71.1 Å². The molecule has 3 aromatic rings. The quantitative estimate of drug-likeness (QED) is 0.199. The third-order valence-corrected chi connectivity index (χ3v) is 6.09. The molecular weight excluding hydrogens is 552 g/mol. The van der Waals surface area contributed by atoms with Gasteiger partial charge in [-0.1, -0.05) is 48.0 Å². The van der Waals surface area contributed by atoms with E-state index in [4.69, 9.17) is 9.47 Å². The van der Waals surface area contributed by atoms with E-state index < -0.39 is 11.8 Å². The van der Waals surface area contributed by atoms with Crippen LogP contribution in [0.4, 0.5) is 5.69 Å². The minimum Gasteiger partial charge on any atom is -0.493 e. The van der Waals surface area contributed by atoms with Crippen LogP contribution in [0.25, 0.3) is 0 Å². The maximum absolute atomic E-state index is 12.5. The van der Waals surface area contributed by atoms with Crippen LogP contribution >= 0.6 is 15.9 Å². The highest BCUT2D eigenvalue weighted by atomic mass is 79.9. The Morgan fingerprint density at radius 1 is 0.974 bits per heavy atom. The molecule has 38 heavy (non-hydrogen) atoms. The number of anilines is 1. The summed E-state index contributed by atoms with van der Waals surface area (Å²) >= 11 is 3.42. The van der Waals surface area contributed by atoms with Crippen LogP contribution < -0.4 is 25.5 Å². The van der Waals surface area contributed by atoms with Crippen LogP contribution in [0, 0.1) is 20.8 Å². The van der Waals surface area contributed by atoms with Gasteiger partial charge in [-0.15, -0.1) is 0 Å². The van der Waals surface area contributed by atoms with Crippen LogP contribution in [0.5, 0.6) is 11.5 Å². The van der Waals surface area contributed by atoms with E-state index in [9.17, 15) is 14.4 Å². The Kier molecular flexibility index (Phi) is 10.0. The highest BCUT2D eigenvalue weighted by molar-refractivity contribution is 9.10. The van der Waals surface area contributed by atoms with Crippen LogP contribution in [-0.4, -0.2) is 37.7 Å². The summed E-state index contributed by atoms with van der Waals surface area (Å²) in [4.78, 5) is 36.6. The number of methoxy groups -OCH3 is 1. The minimum atomic E-state index is -0.894. The standard InChI is InChI=1S/C28H29BrN4O5/c1-17-8-10-20(11-9-17)14-30-27(35)28(36)33-31-15-21-12-22(29)26(23(13-21)37-4)38-16-24(34)32-25-18(2)6-5-7-19(25)3/h5-13,15H,14,16H2,1-4H3,(H,30,35)(H,32,34)(H,33,36)/b31-15-. The lowest BCUT2D eigenvalue weighted by molar-refractivity contribution is -0.139. The van der Waals surface area contributed by atoms with Gasteiger partial charge in [0.1, 0.15) is 0 Å². The number of benzene rings is 3. The van der Waals surface area contributed by atoms with Gasteiger partial charge in [0.15, 0.2) is 18.1 Å². The Labute approximate surface area is 229 Å². The summed E-state index contributed by atoms with van der Waals surface area (Å²) in [7, 11) is 1.46. The predicted octanol–water partition coefficient (Wildman–Crippen LogP) is 4.17. The van der Waals surface area contributed by atoms with Crippen molar-refractivity contribution in [3.05, 3.63) is 86.9 Å². The molecule has 0 aliphatic carbocycles. The van der Waals surface area contributed by atoms with Crippen molar-refractivity contribution in [1.82, 2.24) is 10.7 Å². The lowest BCUT2D eigenvalue weighted by Crippen LogP contribution is -2.37. The number of carbonyl (C=O) groups excluding carboxylic acids is 3. The van der Waals surface area contributed by atoms with Gasteiger partial charge in [0, 0.05) is 12.2 Å². The molecule has 9 nitrogen and oxygen atoms in total. The number of rotatable bonds is 9. The molecule has 0 heterocycles. The number of hydrazone groups is 1. The second kappa shape index (κ2) is 13.4. The molecule has 0 bridgehead atoms. The number of aryl methyl sites for hydroxylation is 3. The third kappa shape index (κ3) is 7.91. The SMILES string of the molecule is COc1cc(/C=N\NC(=O)C(=O)NCc2ccc(C)cc2)cc(Br)c1OCC(=O)Nc1c(C)cccc1C. The Balaban J connectivity index is 1.56. The number of ether oxygens (including phenoxy) is 2. The molecule has 3 N–H and O–H groups in total. The Morgan fingerprint density at radius 3 is 2.32 bits per heavy atom. The van der Waals surface area contributed by atoms with Crippen LogP contribution in [0.15, 0.2) is 64.2 Å². The van der Waals surface area contributed by atoms with Gasteiger partial charge in [-0.2, -0.15) is 5.10 Å². The smallest absolute Gasteiger partial charge is 0.329 e. The van der Waals surface area contributed by atoms with Gasteiger partial charge in [0.25, 0.3) is 5.91 Å². The highest BCUT2D eigenvalue weighted by Crippen LogP contribution is 2.36. The first kappa shape index (κ1) is 28.4. The van der Waals surface area contributed by atoms with Gasteiger partial charge >= 0.3 is 11.8 Å². The molecule has 0 unspecified atom stereocenters. The number of hydrogen-bond donors (Lipinski definition) is 3. The van der Waals surface area contributed by atoms with Gasteiger partial charge in [0.05, 0.1) is 17.8 Å². The normalized spacial score (nSPS) is 10.7. The lowest BCUT2D eigenvalue weighted by Gasteiger charge is -2.15. The molecule has 0 saturated carbocycles. The summed E-state index contributed by atoms with van der Waals surface area (Å²) in [6.07, 6.45) is 1.36. The molecule has 198 valence electrons. The molecule has 0 fully saturated rings. The third-order valence-electron chi connectivity index (χ3n) is 5.50. The van der Waals surface area contributed by atoms with E-state index in [0.717, 1.165) is 27.9 Å². The van der Waals surface area contributed by atoms with Crippen LogP contribution in [0.3, 0.4) is 0 Å². The topological polar surface area (TPSA) is 118 Å². The van der Waals surface area contributed by atoms with Crippen molar-refractivity contribution in [2.24, 2.45) is 5.10 Å². The van der Waals surface area contributed by atoms with Crippen molar-refractivity contribution in [3.63, 3.8) is 0 Å². The molecule has 0 radical (unpaired) electrons. The lowest BCUT2D eigenvalue weighted by atomic mass is 10.1. The average molecular weight is 581 g/mol. The summed E-state index contributed by atoms with van der Waals surface area (Å²) in [5.41, 5.74) is 7.40. The number of halogens is 1. The van der Waals surface area contributed by atoms with E-state index in [1.807, 2.05) is 63.2 Å². The minimum absolute atomic E-state index is 0.227. The van der Waals surface area contributed by atoms with Crippen molar-refractivity contribution in [2.75, 3.05) is 19.0 Å². The van der Waals surface area contributed by atoms with E-state index in [-0.39, 0.29) is 19.1 Å². The number of nitrogens with one attached hydrogen (secondary N) is 3. The number of hydrogen-bond acceptors (Lipinski definition) is 6. The fourth-order valence-corrected chi connectivity index (χ4v) is 4.04. The zero-order valence-electron chi connectivity index (χ0n) is 21.6. The van der Waals surface area contributed by atoms with E-state index in [1.165, 1.54) is 13.3 Å². The molecule has 10 heteroatoms. The second-order valence-corrected chi connectivity index (χ2v) is 9.36. The van der Waals surface area contributed by atoms with Crippen molar-refractivity contribution >= 4 is 45.6 Å². The van der Waals surface area contributed by atoms with Crippen LogP contribution in [0.2, 0.25) is 0 Å². The van der Waals surface area contributed by atoms with Crippen molar-refractivity contribution in [2.45, 2.75) is 27.3 Å². The average Bonchev–Trinajstić information content (AvgIpc) is 2.89. The molecule has 3 aromatic carbocycles.